The number of amides is 1. The van der Waals surface area contributed by atoms with Crippen LogP contribution in [0, 0.1) is 0 Å². The lowest BCUT2D eigenvalue weighted by molar-refractivity contribution is -0.122. The van der Waals surface area contributed by atoms with Crippen LogP contribution < -0.4 is 14.8 Å². The van der Waals surface area contributed by atoms with Crippen molar-refractivity contribution >= 4 is 41.0 Å². The lowest BCUT2D eigenvalue weighted by atomic mass is 10.1. The molecule has 0 bridgehead atoms. The van der Waals surface area contributed by atoms with E-state index in [0.717, 1.165) is 5.56 Å². The van der Waals surface area contributed by atoms with Gasteiger partial charge < -0.3 is 14.8 Å². The minimum absolute atomic E-state index is 0.115. The molecule has 0 heterocycles. The van der Waals surface area contributed by atoms with Crippen molar-refractivity contribution in [2.75, 3.05) is 20.8 Å². The highest BCUT2D eigenvalue weighted by atomic mass is 35.5. The van der Waals surface area contributed by atoms with Crippen molar-refractivity contribution in [1.82, 2.24) is 5.32 Å². The second-order valence-electron chi connectivity index (χ2n) is 5.19. The Morgan fingerprint density at radius 3 is 2.54 bits per heavy atom. The van der Waals surface area contributed by atoms with Crippen LogP contribution >= 0.6 is 23.2 Å². The monoisotopic (exact) mass is 393 g/mol. The van der Waals surface area contributed by atoms with Crippen LogP contribution in [0.4, 0.5) is 0 Å². The number of rotatable bonds is 7. The average molecular weight is 394 g/mol. The van der Waals surface area contributed by atoms with Crippen LogP contribution in [-0.2, 0) is 4.79 Å². The molecule has 2 aromatic rings. The molecule has 26 heavy (non-hydrogen) atoms. The molecule has 0 aliphatic carbocycles. The van der Waals surface area contributed by atoms with Gasteiger partial charge in [-0.25, -0.2) is 0 Å². The van der Waals surface area contributed by atoms with Gasteiger partial charge in [-0.1, -0.05) is 35.3 Å². The number of carbonyl (C=O) groups excluding carboxylic acids is 2. The van der Waals surface area contributed by atoms with Gasteiger partial charge in [0.25, 0.3) is 5.91 Å². The first-order valence-corrected chi connectivity index (χ1v) is 8.39. The van der Waals surface area contributed by atoms with Crippen LogP contribution in [0.15, 0.2) is 42.5 Å². The van der Waals surface area contributed by atoms with Gasteiger partial charge in [0.05, 0.1) is 12.1 Å². The summed E-state index contributed by atoms with van der Waals surface area (Å²) < 4.78 is 10.7. The number of benzene rings is 2. The Bertz CT molecular complexity index is 849. The zero-order chi connectivity index (χ0) is 19.1. The second kappa shape index (κ2) is 9.27. The number of hydrogen-bond acceptors (Lipinski definition) is 4. The lowest BCUT2D eigenvalue weighted by Gasteiger charge is -2.10. The summed E-state index contributed by atoms with van der Waals surface area (Å²) in [5.74, 6) is 0.389. The maximum Gasteiger partial charge on any atom is 0.257 e. The van der Waals surface area contributed by atoms with Gasteiger partial charge in [-0.15, -0.1) is 0 Å². The maximum atomic E-state index is 12.3. The SMILES string of the molecule is CNC(=O)COc1ccc(C=CC(=O)c2ccc(Cl)cc2Cl)cc1OC. The zero-order valence-electron chi connectivity index (χ0n) is 14.2. The first-order chi connectivity index (χ1) is 12.4. The van der Waals surface area contributed by atoms with Crippen LogP contribution in [0.1, 0.15) is 15.9 Å². The second-order valence-corrected chi connectivity index (χ2v) is 6.04. The number of carbonyl (C=O) groups is 2. The van der Waals surface area contributed by atoms with Crippen LogP contribution in [0.25, 0.3) is 6.08 Å². The van der Waals surface area contributed by atoms with Gasteiger partial charge >= 0.3 is 0 Å². The summed E-state index contributed by atoms with van der Waals surface area (Å²) in [5.41, 5.74) is 1.09. The van der Waals surface area contributed by atoms with Gasteiger partial charge in [0, 0.05) is 17.6 Å². The van der Waals surface area contributed by atoms with Crippen molar-refractivity contribution in [3.63, 3.8) is 0 Å². The minimum Gasteiger partial charge on any atom is -0.493 e. The van der Waals surface area contributed by atoms with Crippen LogP contribution in [0.3, 0.4) is 0 Å². The molecule has 136 valence electrons. The quantitative estimate of drug-likeness (QED) is 0.569. The van der Waals surface area contributed by atoms with Crippen LogP contribution in [-0.4, -0.2) is 32.5 Å². The highest BCUT2D eigenvalue weighted by molar-refractivity contribution is 6.37. The molecule has 2 rings (SSSR count). The smallest absolute Gasteiger partial charge is 0.257 e. The molecule has 0 spiro atoms. The molecular formula is C19H17Cl2NO4. The molecule has 0 aliphatic heterocycles. The molecule has 1 amide bonds. The topological polar surface area (TPSA) is 64.6 Å². The average Bonchev–Trinajstić information content (AvgIpc) is 2.64. The molecule has 5 nitrogen and oxygen atoms in total. The largest absolute Gasteiger partial charge is 0.493 e. The number of ether oxygens (including phenoxy) is 2. The fourth-order valence-electron chi connectivity index (χ4n) is 2.07. The van der Waals surface area contributed by atoms with E-state index in [9.17, 15) is 9.59 Å². The summed E-state index contributed by atoms with van der Waals surface area (Å²) in [6.07, 6.45) is 3.05. The van der Waals surface area contributed by atoms with Crippen molar-refractivity contribution in [2.45, 2.75) is 0 Å². The van der Waals surface area contributed by atoms with Gasteiger partial charge in [0.1, 0.15) is 0 Å². The van der Waals surface area contributed by atoms with Crippen molar-refractivity contribution in [1.29, 1.82) is 0 Å². The summed E-state index contributed by atoms with van der Waals surface area (Å²) in [6, 6.07) is 9.82. The normalized spacial score (nSPS) is 10.6. The summed E-state index contributed by atoms with van der Waals surface area (Å²) in [7, 11) is 3.02. The van der Waals surface area contributed by atoms with Gasteiger partial charge in [0.15, 0.2) is 23.9 Å². The van der Waals surface area contributed by atoms with E-state index in [-0.39, 0.29) is 18.3 Å². The Morgan fingerprint density at radius 2 is 1.88 bits per heavy atom. The first kappa shape index (κ1) is 19.8. The lowest BCUT2D eigenvalue weighted by Crippen LogP contribution is -2.24. The Balaban J connectivity index is 2.14. The van der Waals surface area contributed by atoms with Crippen molar-refractivity contribution in [3.05, 3.63) is 63.6 Å². The third-order valence-corrected chi connectivity index (χ3v) is 4.00. The zero-order valence-corrected chi connectivity index (χ0v) is 15.7. The Morgan fingerprint density at radius 1 is 1.12 bits per heavy atom. The predicted molar refractivity (Wildman–Crippen MR) is 102 cm³/mol. The fraction of sp³-hybridized carbons (Fsp3) is 0.158. The number of allylic oxidation sites excluding steroid dienone is 1. The van der Waals surface area contributed by atoms with Crippen LogP contribution in [0.5, 0.6) is 11.5 Å². The number of halogens is 2. The summed E-state index contributed by atoms with van der Waals surface area (Å²) >= 11 is 11.9. The Kier molecular flexibility index (Phi) is 7.06. The highest BCUT2D eigenvalue weighted by Gasteiger charge is 2.09. The molecule has 0 atom stereocenters. The summed E-state index contributed by atoms with van der Waals surface area (Å²) in [6.45, 7) is -0.115. The van der Waals surface area contributed by atoms with Gasteiger partial charge in [-0.2, -0.15) is 0 Å². The fourth-order valence-corrected chi connectivity index (χ4v) is 2.58. The third-order valence-electron chi connectivity index (χ3n) is 3.45. The van der Waals surface area contributed by atoms with E-state index >= 15 is 0 Å². The number of methoxy groups -OCH3 is 1. The van der Waals surface area contributed by atoms with Gasteiger partial charge in [-0.05, 0) is 42.0 Å². The van der Waals surface area contributed by atoms with Crippen molar-refractivity contribution in [2.24, 2.45) is 0 Å². The summed E-state index contributed by atoms with van der Waals surface area (Å²) in [4.78, 5) is 23.5. The van der Waals surface area contributed by atoms with Crippen molar-refractivity contribution in [3.8, 4) is 11.5 Å². The van der Waals surface area contributed by atoms with Crippen molar-refractivity contribution < 1.29 is 19.1 Å². The van der Waals surface area contributed by atoms with Crippen LogP contribution in [0.2, 0.25) is 10.0 Å². The third kappa shape index (κ3) is 5.25. The molecule has 0 saturated carbocycles. The molecule has 0 fully saturated rings. The van der Waals surface area contributed by atoms with E-state index in [1.165, 1.54) is 26.3 Å². The predicted octanol–water partition coefficient (Wildman–Crippen LogP) is 4.02. The first-order valence-electron chi connectivity index (χ1n) is 7.63. The minimum atomic E-state index is -0.249. The molecule has 0 unspecified atom stereocenters. The molecule has 2 aromatic carbocycles. The van der Waals surface area contributed by atoms with E-state index in [0.29, 0.717) is 27.1 Å². The van der Waals surface area contributed by atoms with Gasteiger partial charge in [-0.3, -0.25) is 9.59 Å². The molecule has 1 N–H and O–H groups in total. The number of likely N-dealkylation sites (N-methyl/N-ethyl adjacent to an activating group) is 1. The molecule has 0 radical (unpaired) electrons. The number of nitrogens with one attached hydrogen (secondary N) is 1. The number of ketones is 1. The highest BCUT2D eigenvalue weighted by Crippen LogP contribution is 2.29. The Hall–Kier alpha value is -2.50. The number of hydrogen-bond donors (Lipinski definition) is 1. The molecular weight excluding hydrogens is 377 g/mol. The van der Waals surface area contributed by atoms with E-state index in [1.54, 1.807) is 36.4 Å². The van der Waals surface area contributed by atoms with Gasteiger partial charge in [0.2, 0.25) is 0 Å². The summed E-state index contributed by atoms with van der Waals surface area (Å²) in [5, 5.41) is 3.23. The van der Waals surface area contributed by atoms with E-state index in [4.69, 9.17) is 32.7 Å². The van der Waals surface area contributed by atoms with E-state index < -0.39 is 0 Å². The molecule has 0 aliphatic rings. The standard InChI is InChI=1S/C19H17Cl2NO4/c1-22-19(24)11-26-17-8-4-12(9-18(17)25-2)3-7-16(23)14-6-5-13(20)10-15(14)21/h3-10H,11H2,1-2H3,(H,22,24). The Labute approximate surface area is 161 Å². The molecule has 0 saturated heterocycles. The van der Waals surface area contributed by atoms with E-state index in [2.05, 4.69) is 5.32 Å². The molecule has 0 aromatic heterocycles. The molecule has 7 heteroatoms. The van der Waals surface area contributed by atoms with E-state index in [1.807, 2.05) is 0 Å². The maximum absolute atomic E-state index is 12.3.